The highest BCUT2D eigenvalue weighted by Gasteiger charge is 2.15. The third kappa shape index (κ3) is 2.24. The minimum Gasteiger partial charge on any atom is -0.508 e. The van der Waals surface area contributed by atoms with Gasteiger partial charge in [-0.1, -0.05) is 0 Å². The number of aromatic nitrogens is 2. The van der Waals surface area contributed by atoms with Crippen LogP contribution in [0.5, 0.6) is 11.5 Å². The third-order valence-electron chi connectivity index (χ3n) is 2.73. The maximum Gasteiger partial charge on any atom is 0.123 e. The zero-order chi connectivity index (χ0) is 13.4. The molecule has 3 N–H and O–H groups in total. The Bertz CT molecular complexity index is 736. The van der Waals surface area contributed by atoms with Crippen molar-refractivity contribution < 1.29 is 10.2 Å². The number of H-pyrrole nitrogens is 1. The number of nitrogens with one attached hydrogen (secondary N) is 1. The second kappa shape index (κ2) is 4.71. The first-order valence-corrected chi connectivity index (χ1v) is 7.07. The number of benzene rings is 1. The number of hydrogen-bond donors (Lipinski definition) is 3. The summed E-state index contributed by atoms with van der Waals surface area (Å²) < 4.78 is 1.02. The summed E-state index contributed by atoms with van der Waals surface area (Å²) in [5, 5.41) is 26.4. The van der Waals surface area contributed by atoms with Crippen LogP contribution in [0.15, 0.2) is 40.3 Å². The number of rotatable bonds is 2. The molecular weight excluding hydrogens is 328 g/mol. The van der Waals surface area contributed by atoms with Crippen molar-refractivity contribution in [3.63, 3.8) is 0 Å². The summed E-state index contributed by atoms with van der Waals surface area (Å²) >= 11 is 4.99. The minimum atomic E-state index is 0.104. The van der Waals surface area contributed by atoms with Crippen LogP contribution in [-0.4, -0.2) is 20.4 Å². The molecule has 0 fully saturated rings. The summed E-state index contributed by atoms with van der Waals surface area (Å²) in [6, 6.07) is 8.34. The fraction of sp³-hybridized carbons (Fsp3) is 0. The van der Waals surface area contributed by atoms with E-state index in [2.05, 4.69) is 26.1 Å². The summed E-state index contributed by atoms with van der Waals surface area (Å²) in [5.74, 6) is 0.211. The van der Waals surface area contributed by atoms with Gasteiger partial charge in [-0.05, 0) is 46.3 Å². The van der Waals surface area contributed by atoms with Crippen LogP contribution in [0.25, 0.3) is 21.7 Å². The van der Waals surface area contributed by atoms with Gasteiger partial charge >= 0.3 is 0 Å². The van der Waals surface area contributed by atoms with E-state index in [0.717, 1.165) is 19.9 Å². The highest BCUT2D eigenvalue weighted by atomic mass is 79.9. The maximum absolute atomic E-state index is 9.92. The number of aromatic amines is 1. The van der Waals surface area contributed by atoms with E-state index in [0.29, 0.717) is 5.56 Å². The summed E-state index contributed by atoms with van der Waals surface area (Å²) in [7, 11) is 0. The Labute approximate surface area is 121 Å². The molecule has 19 heavy (non-hydrogen) atoms. The van der Waals surface area contributed by atoms with E-state index < -0.39 is 0 Å². The lowest BCUT2D eigenvalue weighted by molar-refractivity contribution is 0.462. The number of halogens is 1. The van der Waals surface area contributed by atoms with Gasteiger partial charge in [0.25, 0.3) is 0 Å². The van der Waals surface area contributed by atoms with Gasteiger partial charge in [-0.3, -0.25) is 5.10 Å². The fourth-order valence-corrected chi connectivity index (χ4v) is 3.26. The zero-order valence-electron chi connectivity index (χ0n) is 9.59. The number of thiophene rings is 1. The van der Waals surface area contributed by atoms with Crippen molar-refractivity contribution in [1.29, 1.82) is 0 Å². The van der Waals surface area contributed by atoms with Crippen molar-refractivity contribution in [1.82, 2.24) is 10.2 Å². The molecule has 0 saturated carbocycles. The summed E-state index contributed by atoms with van der Waals surface area (Å²) in [6.07, 6.45) is 1.64. The normalized spacial score (nSPS) is 10.8. The smallest absolute Gasteiger partial charge is 0.123 e. The van der Waals surface area contributed by atoms with Gasteiger partial charge in [0.2, 0.25) is 0 Å². The van der Waals surface area contributed by atoms with E-state index in [1.54, 1.807) is 17.5 Å². The molecule has 0 atom stereocenters. The predicted molar refractivity (Wildman–Crippen MR) is 78.4 cm³/mol. The molecule has 0 radical (unpaired) electrons. The Morgan fingerprint density at radius 3 is 2.68 bits per heavy atom. The molecule has 0 aliphatic rings. The monoisotopic (exact) mass is 336 g/mol. The maximum atomic E-state index is 9.92. The van der Waals surface area contributed by atoms with Crippen molar-refractivity contribution in [3.05, 3.63) is 40.3 Å². The van der Waals surface area contributed by atoms with Crippen LogP contribution >= 0.6 is 27.3 Å². The third-order valence-corrected chi connectivity index (χ3v) is 4.37. The lowest BCUT2D eigenvalue weighted by Gasteiger charge is -2.05. The second-order valence-corrected chi connectivity index (χ2v) is 6.43. The van der Waals surface area contributed by atoms with E-state index in [9.17, 15) is 10.2 Å². The molecule has 2 aromatic heterocycles. The summed E-state index contributed by atoms with van der Waals surface area (Å²) in [5.41, 5.74) is 2.12. The van der Waals surface area contributed by atoms with Gasteiger partial charge in [-0.25, -0.2) is 0 Å². The molecule has 4 nitrogen and oxygen atoms in total. The van der Waals surface area contributed by atoms with Gasteiger partial charge in [0, 0.05) is 11.1 Å². The van der Waals surface area contributed by atoms with Crippen LogP contribution in [0.4, 0.5) is 0 Å². The molecule has 6 heteroatoms. The lowest BCUT2D eigenvalue weighted by atomic mass is 10.0. The van der Waals surface area contributed by atoms with E-state index in [1.165, 1.54) is 18.2 Å². The predicted octanol–water partition coefficient (Wildman–Crippen LogP) is 3.98. The average Bonchev–Trinajstić information content (AvgIpc) is 3.00. The Kier molecular flexibility index (Phi) is 3.04. The molecule has 0 spiro atoms. The first-order valence-electron chi connectivity index (χ1n) is 5.46. The van der Waals surface area contributed by atoms with Crippen molar-refractivity contribution >= 4 is 27.3 Å². The molecule has 3 aromatic rings. The van der Waals surface area contributed by atoms with Gasteiger partial charge in [0.15, 0.2) is 0 Å². The molecule has 3 rings (SSSR count). The quantitative estimate of drug-likeness (QED) is 0.620. The largest absolute Gasteiger partial charge is 0.508 e. The Balaban J connectivity index is 2.17. The van der Waals surface area contributed by atoms with E-state index >= 15 is 0 Å². The van der Waals surface area contributed by atoms with E-state index in [-0.39, 0.29) is 11.5 Å². The molecule has 96 valence electrons. The Morgan fingerprint density at radius 1 is 1.11 bits per heavy atom. The highest BCUT2D eigenvalue weighted by molar-refractivity contribution is 9.11. The fourth-order valence-electron chi connectivity index (χ4n) is 1.87. The molecule has 0 unspecified atom stereocenters. The molecule has 0 amide bonds. The topological polar surface area (TPSA) is 69.1 Å². The van der Waals surface area contributed by atoms with Crippen molar-refractivity contribution in [2.24, 2.45) is 0 Å². The van der Waals surface area contributed by atoms with E-state index in [1.807, 2.05) is 12.1 Å². The first kappa shape index (κ1) is 12.3. The molecule has 0 saturated heterocycles. The van der Waals surface area contributed by atoms with Crippen molar-refractivity contribution in [3.8, 4) is 33.2 Å². The van der Waals surface area contributed by atoms with Crippen molar-refractivity contribution in [2.75, 3.05) is 0 Å². The number of aromatic hydroxyl groups is 2. The molecule has 0 aliphatic carbocycles. The molecule has 0 bridgehead atoms. The summed E-state index contributed by atoms with van der Waals surface area (Å²) in [6.45, 7) is 0. The van der Waals surface area contributed by atoms with Gasteiger partial charge in [-0.2, -0.15) is 5.10 Å². The number of phenols is 2. The average molecular weight is 337 g/mol. The Morgan fingerprint density at radius 2 is 1.95 bits per heavy atom. The van der Waals surface area contributed by atoms with E-state index in [4.69, 9.17) is 0 Å². The molecular formula is C13H9BrN2O2S. The SMILES string of the molecule is Oc1ccc(O)c(-c2cn[nH]c2-c2ccc(Br)s2)c1. The van der Waals surface area contributed by atoms with Gasteiger partial charge in [-0.15, -0.1) is 11.3 Å². The summed E-state index contributed by atoms with van der Waals surface area (Å²) in [4.78, 5) is 1.00. The van der Waals surface area contributed by atoms with Crippen LogP contribution in [-0.2, 0) is 0 Å². The number of nitrogens with zero attached hydrogens (tertiary/aromatic N) is 1. The highest BCUT2D eigenvalue weighted by Crippen LogP contribution is 2.40. The Hall–Kier alpha value is -1.79. The van der Waals surface area contributed by atoms with Gasteiger partial charge in [0.05, 0.1) is 20.6 Å². The van der Waals surface area contributed by atoms with Crippen LogP contribution in [0.1, 0.15) is 0 Å². The van der Waals surface area contributed by atoms with Crippen LogP contribution in [0, 0.1) is 0 Å². The van der Waals surface area contributed by atoms with Crippen molar-refractivity contribution in [2.45, 2.75) is 0 Å². The first-order chi connectivity index (χ1) is 9.15. The molecule has 2 heterocycles. The number of phenolic OH excluding ortho intramolecular Hbond substituents is 2. The zero-order valence-corrected chi connectivity index (χ0v) is 12.0. The van der Waals surface area contributed by atoms with Gasteiger partial charge in [0.1, 0.15) is 11.5 Å². The number of hydrogen-bond acceptors (Lipinski definition) is 4. The van der Waals surface area contributed by atoms with Crippen LogP contribution in [0.2, 0.25) is 0 Å². The second-order valence-electron chi connectivity index (χ2n) is 3.96. The minimum absolute atomic E-state index is 0.104. The van der Waals surface area contributed by atoms with Crippen LogP contribution in [0.3, 0.4) is 0 Å². The lowest BCUT2D eigenvalue weighted by Crippen LogP contribution is -1.81. The molecule has 1 aromatic carbocycles. The standard InChI is InChI=1S/C13H9BrN2O2S/c14-12-4-3-11(19-12)13-9(6-15-16-13)8-5-7(17)1-2-10(8)18/h1-6,17-18H,(H,15,16). The van der Waals surface area contributed by atoms with Crippen LogP contribution < -0.4 is 0 Å². The molecule has 0 aliphatic heterocycles. The van der Waals surface area contributed by atoms with Gasteiger partial charge < -0.3 is 10.2 Å².